The van der Waals surface area contributed by atoms with Crippen LogP contribution in [0.2, 0.25) is 0 Å². The highest BCUT2D eigenvalue weighted by molar-refractivity contribution is 6.14. The molecule has 2 heteroatoms. The number of para-hydroxylation sites is 2. The molecule has 2 nitrogen and oxygen atoms in total. The lowest BCUT2D eigenvalue weighted by Gasteiger charge is -2.30. The van der Waals surface area contributed by atoms with Gasteiger partial charge in [-0.05, 0) is 205 Å². The lowest BCUT2D eigenvalue weighted by molar-refractivity contribution is 0.590. The molecule has 2 aliphatic rings. The topological polar surface area (TPSA) is 9.86 Å². The van der Waals surface area contributed by atoms with E-state index in [1.54, 1.807) is 0 Å². The lowest BCUT2D eigenvalue weighted by atomic mass is 9.70. The molecular weight excluding hydrogens is 1150 g/mol. The van der Waals surface area contributed by atoms with Gasteiger partial charge < -0.3 is 9.13 Å². The Morgan fingerprint density at radius 2 is 0.600 bits per heavy atom. The second-order valence-electron chi connectivity index (χ2n) is 28.4. The highest BCUT2D eigenvalue weighted by Gasteiger charge is 2.51. The maximum absolute atomic E-state index is 2.48. The second kappa shape index (κ2) is 21.4. The van der Waals surface area contributed by atoms with Gasteiger partial charge in [-0.2, -0.15) is 0 Å². The summed E-state index contributed by atoms with van der Waals surface area (Å²) in [5, 5.41) is 9.95. The summed E-state index contributed by atoms with van der Waals surface area (Å²) in [6.07, 6.45) is 9.31. The van der Waals surface area contributed by atoms with Crippen LogP contribution in [0.15, 0.2) is 291 Å². The van der Waals surface area contributed by atoms with Crippen molar-refractivity contribution in [3.05, 3.63) is 347 Å². The van der Waals surface area contributed by atoms with Crippen LogP contribution in [0.4, 0.5) is 0 Å². The summed E-state index contributed by atoms with van der Waals surface area (Å²) in [7, 11) is 0. The lowest BCUT2D eigenvalue weighted by Crippen LogP contribution is -2.26. The summed E-state index contributed by atoms with van der Waals surface area (Å²) >= 11 is 0. The molecule has 16 aromatic rings. The van der Waals surface area contributed by atoms with Crippen molar-refractivity contribution < 1.29 is 0 Å². The summed E-state index contributed by atoms with van der Waals surface area (Å²) < 4.78 is 4.84. The molecular formula is C93H70N2. The Balaban J connectivity index is 0.690. The van der Waals surface area contributed by atoms with Crippen LogP contribution in [-0.4, -0.2) is 9.13 Å². The molecule has 0 atom stereocenters. The molecule has 0 radical (unpaired) electrons. The number of benzene rings is 14. The van der Waals surface area contributed by atoms with E-state index in [4.69, 9.17) is 0 Å². The smallest absolute Gasteiger partial charge is 0.0725 e. The van der Waals surface area contributed by atoms with E-state index in [-0.39, 0.29) is 10.8 Å². The van der Waals surface area contributed by atoms with E-state index in [0.717, 1.165) is 0 Å². The quantitative estimate of drug-likeness (QED) is 0.134. The zero-order chi connectivity index (χ0) is 63.9. The average molecular weight is 1220 g/mol. The van der Waals surface area contributed by atoms with Crippen LogP contribution in [0.5, 0.6) is 0 Å². The van der Waals surface area contributed by atoms with E-state index in [1.807, 2.05) is 0 Å². The molecule has 0 N–H and O–H groups in total. The van der Waals surface area contributed by atoms with Crippen molar-refractivity contribution in [2.75, 3.05) is 0 Å². The summed E-state index contributed by atoms with van der Waals surface area (Å²) in [5.41, 5.74) is 29.6. The molecule has 18 rings (SSSR count). The third kappa shape index (κ3) is 8.84. The molecule has 0 saturated carbocycles. The SMILES string of the molecule is CC(C)(C)c1ccc(-n2c3ccccc3c3cc(-c4ccc(/C=C/c5ccc6c(c5)C5(c7ccccc7-c7ccccc75)c5cc(/C=C/c7ccc(-c8ccc9c(c8)c8ccccc8n9-c8ccc(C(C)(C)C)cc8)c8ccccc78)ccc5-6)c5ccccc45)ccc32)cc1. The van der Waals surface area contributed by atoms with Crippen molar-refractivity contribution >= 4 is 89.5 Å². The largest absolute Gasteiger partial charge is 0.309 e. The van der Waals surface area contributed by atoms with E-state index in [2.05, 4.69) is 366 Å². The normalized spacial score (nSPS) is 13.4. The fraction of sp³-hybridized carbons (Fsp3) is 0.0968. The number of nitrogens with zero attached hydrogens (tertiary/aromatic N) is 2. The molecule has 0 bridgehead atoms. The minimum Gasteiger partial charge on any atom is -0.309 e. The molecule has 452 valence electrons. The molecule has 0 unspecified atom stereocenters. The van der Waals surface area contributed by atoms with Gasteiger partial charge in [0.05, 0.1) is 27.5 Å². The van der Waals surface area contributed by atoms with Crippen LogP contribution in [0, 0.1) is 0 Å². The Kier molecular flexibility index (Phi) is 12.7. The summed E-state index contributed by atoms with van der Waals surface area (Å²) in [6.45, 7) is 13.7. The van der Waals surface area contributed by atoms with Gasteiger partial charge in [-0.25, -0.2) is 0 Å². The van der Waals surface area contributed by atoms with E-state index in [9.17, 15) is 0 Å². The molecule has 2 aromatic heterocycles. The number of fused-ring (bicyclic) bond motifs is 18. The van der Waals surface area contributed by atoms with Crippen molar-refractivity contribution in [3.8, 4) is 55.9 Å². The van der Waals surface area contributed by atoms with E-state index in [0.29, 0.717) is 0 Å². The zero-order valence-corrected chi connectivity index (χ0v) is 54.4. The Labute approximate surface area is 555 Å². The van der Waals surface area contributed by atoms with Gasteiger partial charge in [-0.15, -0.1) is 0 Å². The molecule has 2 heterocycles. The molecule has 0 saturated heterocycles. The maximum Gasteiger partial charge on any atom is 0.0725 e. The fourth-order valence-corrected chi connectivity index (χ4v) is 16.3. The van der Waals surface area contributed by atoms with Gasteiger partial charge >= 0.3 is 0 Å². The highest BCUT2D eigenvalue weighted by Crippen LogP contribution is 2.63. The number of rotatable bonds is 8. The Morgan fingerprint density at radius 3 is 1.02 bits per heavy atom. The molecule has 0 fully saturated rings. The Morgan fingerprint density at radius 1 is 0.253 bits per heavy atom. The van der Waals surface area contributed by atoms with Gasteiger partial charge in [0.25, 0.3) is 0 Å². The van der Waals surface area contributed by atoms with Gasteiger partial charge in [0.15, 0.2) is 0 Å². The predicted octanol–water partition coefficient (Wildman–Crippen LogP) is 24.8. The summed E-state index contributed by atoms with van der Waals surface area (Å²) in [5.74, 6) is 0. The van der Waals surface area contributed by atoms with Crippen LogP contribution in [0.25, 0.3) is 145 Å². The first-order valence-corrected chi connectivity index (χ1v) is 33.5. The fourth-order valence-electron chi connectivity index (χ4n) is 16.3. The maximum atomic E-state index is 2.48. The minimum atomic E-state index is -0.511. The van der Waals surface area contributed by atoms with Crippen molar-refractivity contribution in [2.24, 2.45) is 0 Å². The number of aromatic nitrogens is 2. The standard InChI is InChI=1S/C93H70N2/c1-91(2,3)65-41-45-67(46-42-65)94-87-29-17-13-25-79(87)81-57-63(39-53-89(81)94)71-51-37-61(69-19-7-9-21-73(69)71)35-31-59-33-49-77-78-50-34-60(56-86(78)93(85(77)55-59)83-27-15-11-23-75(83)76-24-12-16-28-84(76)93)32-36-62-38-52-72(74-22-10-8-20-70(62)74)64-40-54-90-82(58-64)80-26-14-18-30-88(80)95(90)68-47-43-66(44-48-68)92(4,5)6/h7-58H,1-6H3/b35-31+,36-32+. The van der Waals surface area contributed by atoms with E-state index in [1.165, 1.54) is 177 Å². The van der Waals surface area contributed by atoms with Gasteiger partial charge in [0.1, 0.15) is 0 Å². The first-order valence-electron chi connectivity index (χ1n) is 33.5. The van der Waals surface area contributed by atoms with Crippen molar-refractivity contribution in [3.63, 3.8) is 0 Å². The molecule has 14 aromatic carbocycles. The molecule has 1 spiro atoms. The van der Waals surface area contributed by atoms with Crippen molar-refractivity contribution in [2.45, 2.75) is 57.8 Å². The minimum absolute atomic E-state index is 0.0865. The van der Waals surface area contributed by atoms with Crippen molar-refractivity contribution in [1.29, 1.82) is 0 Å². The first kappa shape index (κ1) is 56.4. The van der Waals surface area contributed by atoms with Crippen LogP contribution in [0.1, 0.15) is 97.2 Å². The van der Waals surface area contributed by atoms with Crippen LogP contribution < -0.4 is 0 Å². The molecule has 0 aliphatic heterocycles. The van der Waals surface area contributed by atoms with Crippen LogP contribution >= 0.6 is 0 Å². The van der Waals surface area contributed by atoms with E-state index < -0.39 is 5.41 Å². The van der Waals surface area contributed by atoms with Gasteiger partial charge in [0, 0.05) is 32.9 Å². The van der Waals surface area contributed by atoms with Gasteiger partial charge in [-0.3, -0.25) is 0 Å². The van der Waals surface area contributed by atoms with Gasteiger partial charge in [0.2, 0.25) is 0 Å². The zero-order valence-electron chi connectivity index (χ0n) is 54.4. The Bertz CT molecular complexity index is 5540. The third-order valence-corrected chi connectivity index (χ3v) is 20.9. The Hall–Kier alpha value is -11.3. The number of hydrogen-bond acceptors (Lipinski definition) is 0. The first-order chi connectivity index (χ1) is 46.4. The van der Waals surface area contributed by atoms with Crippen molar-refractivity contribution in [1.82, 2.24) is 9.13 Å². The predicted molar refractivity (Wildman–Crippen MR) is 405 cm³/mol. The molecule has 0 amide bonds. The van der Waals surface area contributed by atoms with Gasteiger partial charge in [-0.1, -0.05) is 284 Å². The monoisotopic (exact) mass is 1210 g/mol. The molecule has 2 aliphatic carbocycles. The highest BCUT2D eigenvalue weighted by atomic mass is 15.0. The number of hydrogen-bond donors (Lipinski definition) is 0. The van der Waals surface area contributed by atoms with Crippen LogP contribution in [0.3, 0.4) is 0 Å². The summed E-state index contributed by atoms with van der Waals surface area (Å²) in [4.78, 5) is 0. The van der Waals surface area contributed by atoms with Crippen LogP contribution in [-0.2, 0) is 16.2 Å². The molecule has 95 heavy (non-hydrogen) atoms. The third-order valence-electron chi connectivity index (χ3n) is 20.9. The summed E-state index contributed by atoms with van der Waals surface area (Å²) in [6, 6.07) is 110. The second-order valence-corrected chi connectivity index (χ2v) is 28.4. The van der Waals surface area contributed by atoms with E-state index >= 15 is 0 Å². The average Bonchev–Trinajstić information content (AvgIpc) is 1.51.